The maximum atomic E-state index is 11.7. The van der Waals surface area contributed by atoms with E-state index in [0.717, 1.165) is 17.0 Å². The molecule has 0 aliphatic carbocycles. The molecule has 3 heteroatoms. The summed E-state index contributed by atoms with van der Waals surface area (Å²) >= 11 is 0. The van der Waals surface area contributed by atoms with E-state index in [9.17, 15) is 4.79 Å². The van der Waals surface area contributed by atoms with E-state index >= 15 is 0 Å². The maximum Gasteiger partial charge on any atom is 0.234 e. The fourth-order valence-corrected chi connectivity index (χ4v) is 1.80. The number of benzene rings is 1. The molecule has 84 valence electrons. The van der Waals surface area contributed by atoms with E-state index < -0.39 is 5.41 Å². The Hall–Kier alpha value is -1.77. The lowest BCUT2D eigenvalue weighted by Gasteiger charge is -2.15. The van der Waals surface area contributed by atoms with Crippen LogP contribution >= 0.6 is 0 Å². The van der Waals surface area contributed by atoms with Crippen LogP contribution in [0.1, 0.15) is 19.4 Å². The summed E-state index contributed by atoms with van der Waals surface area (Å²) in [6.07, 6.45) is 1.70. The van der Waals surface area contributed by atoms with Crippen LogP contribution in [-0.2, 0) is 10.2 Å². The Kier molecular flexibility index (Phi) is 2.46. The third kappa shape index (κ3) is 1.58. The Morgan fingerprint density at radius 2 is 2.25 bits per heavy atom. The lowest BCUT2D eigenvalue weighted by molar-refractivity contribution is -0.119. The third-order valence-electron chi connectivity index (χ3n) is 2.85. The van der Waals surface area contributed by atoms with Gasteiger partial charge in [-0.1, -0.05) is 12.7 Å². The second kappa shape index (κ2) is 3.67. The fourth-order valence-electron chi connectivity index (χ4n) is 1.80. The summed E-state index contributed by atoms with van der Waals surface area (Å²) in [7, 11) is 0. The van der Waals surface area contributed by atoms with E-state index in [1.807, 2.05) is 32.0 Å². The van der Waals surface area contributed by atoms with Gasteiger partial charge in [-0.3, -0.25) is 4.79 Å². The molecular weight excluding hydrogens is 202 g/mol. The molecule has 1 N–H and O–H groups in total. The number of carbonyl (C=O) groups excluding carboxylic acids is 1. The number of nitrogens with one attached hydrogen (secondary N) is 1. The number of hydrogen-bond acceptors (Lipinski definition) is 2. The number of anilines is 1. The molecular formula is C13H15NO2. The van der Waals surface area contributed by atoms with E-state index in [2.05, 4.69) is 11.9 Å². The smallest absolute Gasteiger partial charge is 0.234 e. The van der Waals surface area contributed by atoms with E-state index in [4.69, 9.17) is 4.74 Å². The minimum absolute atomic E-state index is 0.0309. The topological polar surface area (TPSA) is 38.3 Å². The number of hydrogen-bond donors (Lipinski definition) is 1. The van der Waals surface area contributed by atoms with E-state index in [1.165, 1.54) is 0 Å². The summed E-state index contributed by atoms with van der Waals surface area (Å²) in [5.74, 6) is 0.798. The van der Waals surface area contributed by atoms with Gasteiger partial charge in [0, 0.05) is 5.69 Å². The van der Waals surface area contributed by atoms with Gasteiger partial charge in [0.2, 0.25) is 5.91 Å². The van der Waals surface area contributed by atoms with Crippen molar-refractivity contribution in [2.24, 2.45) is 0 Å². The summed E-state index contributed by atoms with van der Waals surface area (Å²) in [4.78, 5) is 11.7. The van der Waals surface area contributed by atoms with E-state index in [0.29, 0.717) is 6.61 Å². The van der Waals surface area contributed by atoms with Gasteiger partial charge in [0.15, 0.2) is 0 Å². The van der Waals surface area contributed by atoms with Crippen LogP contribution in [0.2, 0.25) is 0 Å². The van der Waals surface area contributed by atoms with Gasteiger partial charge in [0.25, 0.3) is 0 Å². The molecule has 3 nitrogen and oxygen atoms in total. The Morgan fingerprint density at radius 1 is 1.50 bits per heavy atom. The molecule has 0 saturated heterocycles. The highest BCUT2D eigenvalue weighted by atomic mass is 16.5. The van der Waals surface area contributed by atoms with Crippen LogP contribution in [0.3, 0.4) is 0 Å². The molecule has 1 aromatic rings. The number of rotatable bonds is 3. The zero-order chi connectivity index (χ0) is 11.8. The highest BCUT2D eigenvalue weighted by Crippen LogP contribution is 2.39. The summed E-state index contributed by atoms with van der Waals surface area (Å²) in [5.41, 5.74) is 1.38. The Morgan fingerprint density at radius 3 is 2.94 bits per heavy atom. The first-order chi connectivity index (χ1) is 7.55. The molecule has 0 atom stereocenters. The SMILES string of the molecule is C=CCOc1ccc2c(c1)C(C)(C)C(=O)N2. The van der Waals surface area contributed by atoms with Crippen molar-refractivity contribution in [3.05, 3.63) is 36.4 Å². The van der Waals surface area contributed by atoms with Gasteiger partial charge in [-0.25, -0.2) is 0 Å². The fraction of sp³-hybridized carbons (Fsp3) is 0.308. The van der Waals surface area contributed by atoms with Gasteiger partial charge in [-0.05, 0) is 37.6 Å². The van der Waals surface area contributed by atoms with Gasteiger partial charge in [-0.15, -0.1) is 0 Å². The highest BCUT2D eigenvalue weighted by molar-refractivity contribution is 6.05. The first kappa shape index (κ1) is 10.7. The Bertz CT molecular complexity index is 449. The minimum Gasteiger partial charge on any atom is -0.490 e. The number of ether oxygens (including phenoxy) is 1. The average Bonchev–Trinajstić information content (AvgIpc) is 2.48. The molecule has 1 amide bonds. The van der Waals surface area contributed by atoms with Crippen molar-refractivity contribution >= 4 is 11.6 Å². The van der Waals surface area contributed by atoms with Gasteiger partial charge >= 0.3 is 0 Å². The quantitative estimate of drug-likeness (QED) is 0.790. The van der Waals surface area contributed by atoms with Crippen LogP contribution in [-0.4, -0.2) is 12.5 Å². The monoisotopic (exact) mass is 217 g/mol. The molecule has 16 heavy (non-hydrogen) atoms. The second-order valence-electron chi connectivity index (χ2n) is 4.39. The zero-order valence-corrected chi connectivity index (χ0v) is 9.54. The van der Waals surface area contributed by atoms with E-state index in [-0.39, 0.29) is 5.91 Å². The standard InChI is InChI=1S/C13H15NO2/c1-4-7-16-9-5-6-11-10(8-9)13(2,3)12(15)14-11/h4-6,8H,1,7H2,2-3H3,(H,14,15). The molecule has 1 aliphatic rings. The lowest BCUT2D eigenvalue weighted by atomic mass is 9.86. The molecule has 0 saturated carbocycles. The van der Waals surface area contributed by atoms with Crippen molar-refractivity contribution in [2.75, 3.05) is 11.9 Å². The lowest BCUT2D eigenvalue weighted by Crippen LogP contribution is -2.26. The first-order valence-electron chi connectivity index (χ1n) is 5.25. The predicted molar refractivity (Wildman–Crippen MR) is 63.8 cm³/mol. The van der Waals surface area contributed by atoms with Crippen molar-refractivity contribution in [2.45, 2.75) is 19.3 Å². The van der Waals surface area contributed by atoms with Crippen LogP contribution < -0.4 is 10.1 Å². The molecule has 0 bridgehead atoms. The largest absolute Gasteiger partial charge is 0.490 e. The van der Waals surface area contributed by atoms with Crippen molar-refractivity contribution in [3.63, 3.8) is 0 Å². The van der Waals surface area contributed by atoms with Crippen LogP contribution in [0.15, 0.2) is 30.9 Å². The summed E-state index contributed by atoms with van der Waals surface area (Å²) in [6, 6.07) is 5.64. The van der Waals surface area contributed by atoms with Gasteiger partial charge in [0.05, 0.1) is 5.41 Å². The normalized spacial score (nSPS) is 16.5. The van der Waals surface area contributed by atoms with Crippen molar-refractivity contribution in [3.8, 4) is 5.75 Å². The van der Waals surface area contributed by atoms with Crippen LogP contribution in [0, 0.1) is 0 Å². The van der Waals surface area contributed by atoms with Gasteiger partial charge in [-0.2, -0.15) is 0 Å². The minimum atomic E-state index is -0.483. The molecule has 0 spiro atoms. The predicted octanol–water partition coefficient (Wildman–Crippen LogP) is 2.48. The van der Waals surface area contributed by atoms with Gasteiger partial charge < -0.3 is 10.1 Å². The second-order valence-corrected chi connectivity index (χ2v) is 4.39. The molecule has 0 unspecified atom stereocenters. The maximum absolute atomic E-state index is 11.7. The molecule has 1 aliphatic heterocycles. The van der Waals surface area contributed by atoms with Crippen molar-refractivity contribution in [1.29, 1.82) is 0 Å². The highest BCUT2D eigenvalue weighted by Gasteiger charge is 2.38. The molecule has 1 heterocycles. The number of fused-ring (bicyclic) bond motifs is 1. The number of carbonyl (C=O) groups is 1. The van der Waals surface area contributed by atoms with Crippen LogP contribution in [0.4, 0.5) is 5.69 Å². The molecule has 0 radical (unpaired) electrons. The van der Waals surface area contributed by atoms with Gasteiger partial charge in [0.1, 0.15) is 12.4 Å². The molecule has 1 aromatic carbocycles. The van der Waals surface area contributed by atoms with Crippen LogP contribution in [0.25, 0.3) is 0 Å². The summed E-state index contributed by atoms with van der Waals surface area (Å²) in [5, 5.41) is 2.86. The third-order valence-corrected chi connectivity index (χ3v) is 2.85. The zero-order valence-electron chi connectivity index (χ0n) is 9.54. The molecule has 0 aromatic heterocycles. The average molecular weight is 217 g/mol. The van der Waals surface area contributed by atoms with Crippen molar-refractivity contribution in [1.82, 2.24) is 0 Å². The first-order valence-corrected chi connectivity index (χ1v) is 5.25. The number of amides is 1. The Balaban J connectivity index is 2.36. The Labute approximate surface area is 95.1 Å². The van der Waals surface area contributed by atoms with E-state index in [1.54, 1.807) is 6.08 Å². The summed E-state index contributed by atoms with van der Waals surface area (Å²) < 4.78 is 5.45. The molecule has 2 rings (SSSR count). The molecule has 0 fully saturated rings. The summed E-state index contributed by atoms with van der Waals surface area (Å²) in [6.45, 7) is 7.89. The van der Waals surface area contributed by atoms with Crippen molar-refractivity contribution < 1.29 is 9.53 Å². The van der Waals surface area contributed by atoms with Crippen LogP contribution in [0.5, 0.6) is 5.75 Å².